The Labute approximate surface area is 79.9 Å². The first-order valence-corrected chi connectivity index (χ1v) is 4.71. The van der Waals surface area contributed by atoms with Gasteiger partial charge in [0, 0.05) is 5.92 Å². The Balaban J connectivity index is 2.06. The van der Waals surface area contributed by atoms with E-state index < -0.39 is 22.9 Å². The van der Waals surface area contributed by atoms with Crippen LogP contribution in [0.3, 0.4) is 0 Å². The van der Waals surface area contributed by atoms with Gasteiger partial charge in [-0.1, -0.05) is 0 Å². The van der Waals surface area contributed by atoms with Crippen LogP contribution >= 0.6 is 0 Å². The molecule has 0 spiro atoms. The highest BCUT2D eigenvalue weighted by atomic mass is 16.4. The predicted molar refractivity (Wildman–Crippen MR) is 44.3 cm³/mol. The van der Waals surface area contributed by atoms with Gasteiger partial charge >= 0.3 is 11.9 Å². The van der Waals surface area contributed by atoms with Gasteiger partial charge in [0.05, 0.1) is 5.41 Å². The summed E-state index contributed by atoms with van der Waals surface area (Å²) in [6.45, 7) is 0. The Morgan fingerprint density at radius 1 is 1.29 bits per heavy atom. The van der Waals surface area contributed by atoms with Crippen molar-refractivity contribution in [2.45, 2.75) is 18.4 Å². The number of hydrogen-bond donors (Lipinski definition) is 3. The minimum atomic E-state index is -1.26. The fourth-order valence-electron chi connectivity index (χ4n) is 4.00. The number of carboxylic acid groups (broad SMARTS) is 2. The van der Waals surface area contributed by atoms with Crippen LogP contribution in [0.4, 0.5) is 0 Å². The second-order valence-corrected chi connectivity index (χ2v) is 4.80. The Morgan fingerprint density at radius 2 is 1.93 bits per heavy atom. The van der Waals surface area contributed by atoms with Gasteiger partial charge in [-0.05, 0) is 24.7 Å². The van der Waals surface area contributed by atoms with Crippen molar-refractivity contribution in [3.05, 3.63) is 0 Å². The van der Waals surface area contributed by atoms with Crippen molar-refractivity contribution in [2.24, 2.45) is 28.9 Å². The van der Waals surface area contributed by atoms with Crippen LogP contribution in [0.15, 0.2) is 0 Å². The van der Waals surface area contributed by atoms with Crippen LogP contribution < -0.4 is 5.73 Å². The molecule has 4 fully saturated rings. The highest BCUT2D eigenvalue weighted by Crippen LogP contribution is 2.81. The average molecular weight is 197 g/mol. The normalized spacial score (nSPS) is 57.4. The molecule has 0 amide bonds. The molecule has 2 unspecified atom stereocenters. The largest absolute Gasteiger partial charge is 0.481 e. The first-order valence-electron chi connectivity index (χ1n) is 4.71. The van der Waals surface area contributed by atoms with E-state index in [0.29, 0.717) is 12.8 Å². The molecule has 4 aliphatic carbocycles. The first kappa shape index (κ1) is 8.23. The minimum absolute atomic E-state index is 0.0195. The van der Waals surface area contributed by atoms with E-state index in [4.69, 9.17) is 15.9 Å². The van der Waals surface area contributed by atoms with Crippen LogP contribution in [0.25, 0.3) is 0 Å². The summed E-state index contributed by atoms with van der Waals surface area (Å²) in [6.07, 6.45) is 1.14. The summed E-state index contributed by atoms with van der Waals surface area (Å²) in [6, 6.07) is 0. The van der Waals surface area contributed by atoms with Crippen molar-refractivity contribution in [1.82, 2.24) is 0 Å². The van der Waals surface area contributed by atoms with Gasteiger partial charge in [-0.3, -0.25) is 9.59 Å². The Hall–Kier alpha value is -1.10. The van der Waals surface area contributed by atoms with Gasteiger partial charge in [0.1, 0.15) is 5.54 Å². The summed E-state index contributed by atoms with van der Waals surface area (Å²) >= 11 is 0. The van der Waals surface area contributed by atoms with Gasteiger partial charge in [-0.15, -0.1) is 0 Å². The third kappa shape index (κ3) is 0.507. The highest BCUT2D eigenvalue weighted by molar-refractivity contribution is 5.90. The number of carboxylic acids is 2. The van der Waals surface area contributed by atoms with Gasteiger partial charge in [-0.25, -0.2) is 0 Å². The topological polar surface area (TPSA) is 101 Å². The van der Waals surface area contributed by atoms with Crippen molar-refractivity contribution >= 4 is 11.9 Å². The van der Waals surface area contributed by atoms with Crippen molar-refractivity contribution in [1.29, 1.82) is 0 Å². The van der Waals surface area contributed by atoms with Crippen LogP contribution in [-0.2, 0) is 9.59 Å². The molecule has 4 N–H and O–H groups in total. The molecule has 5 atom stereocenters. The first-order chi connectivity index (χ1) is 6.45. The molecule has 4 aliphatic rings. The second kappa shape index (κ2) is 1.82. The monoisotopic (exact) mass is 197 g/mol. The van der Waals surface area contributed by atoms with Crippen molar-refractivity contribution in [3.8, 4) is 0 Å². The number of nitrogens with two attached hydrogens (primary N) is 1. The molecule has 4 rings (SSSR count). The maximum Gasteiger partial charge on any atom is 0.324 e. The second-order valence-electron chi connectivity index (χ2n) is 4.80. The molecule has 5 nitrogen and oxygen atoms in total. The van der Waals surface area contributed by atoms with E-state index in [1.165, 1.54) is 0 Å². The predicted octanol–water partition coefficient (Wildman–Crippen LogP) is -0.491. The van der Waals surface area contributed by atoms with Gasteiger partial charge in [0.15, 0.2) is 0 Å². The summed E-state index contributed by atoms with van der Waals surface area (Å²) < 4.78 is 0. The summed E-state index contributed by atoms with van der Waals surface area (Å²) in [7, 11) is 0. The van der Waals surface area contributed by atoms with Crippen LogP contribution in [-0.4, -0.2) is 27.7 Å². The zero-order chi connectivity index (χ0) is 10.3. The maximum absolute atomic E-state index is 11.1. The van der Waals surface area contributed by atoms with Gasteiger partial charge < -0.3 is 15.9 Å². The molecule has 0 aromatic carbocycles. The van der Waals surface area contributed by atoms with Crippen LogP contribution in [0.2, 0.25) is 0 Å². The van der Waals surface area contributed by atoms with Crippen molar-refractivity contribution in [3.63, 3.8) is 0 Å². The van der Waals surface area contributed by atoms with Gasteiger partial charge in [0.25, 0.3) is 0 Å². The Bertz CT molecular complexity index is 368. The number of carbonyl (C=O) groups is 2. The standard InChI is InChI=1S/C9H11NO4/c10-9(7(13)14)3-1-4-5(9)8(4,2-3)6(11)12/h3-5H,1-2,10H2,(H,11,12)(H,13,14)/t3?,4-,5-,8?,9-/m0/s1. The summed E-state index contributed by atoms with van der Waals surface area (Å²) in [4.78, 5) is 22.1. The molecule has 0 aliphatic heterocycles. The van der Waals surface area contributed by atoms with Crippen LogP contribution in [0.5, 0.6) is 0 Å². The van der Waals surface area contributed by atoms with E-state index in [1.54, 1.807) is 0 Å². The van der Waals surface area contributed by atoms with E-state index in [-0.39, 0.29) is 17.8 Å². The van der Waals surface area contributed by atoms with E-state index >= 15 is 0 Å². The van der Waals surface area contributed by atoms with E-state index in [9.17, 15) is 9.59 Å². The molecule has 14 heavy (non-hydrogen) atoms. The molecule has 4 bridgehead atoms. The summed E-state index contributed by atoms with van der Waals surface area (Å²) in [5.41, 5.74) is 3.79. The fraction of sp³-hybridized carbons (Fsp3) is 0.778. The van der Waals surface area contributed by atoms with Crippen molar-refractivity contribution in [2.75, 3.05) is 0 Å². The van der Waals surface area contributed by atoms with Crippen LogP contribution in [0, 0.1) is 23.2 Å². The third-order valence-corrected chi connectivity index (χ3v) is 4.59. The zero-order valence-electron chi connectivity index (χ0n) is 7.43. The van der Waals surface area contributed by atoms with Gasteiger partial charge in [-0.2, -0.15) is 0 Å². The maximum atomic E-state index is 11.1. The SMILES string of the molecule is N[C@@]1(C(=O)O)C2C[C@H]3[C@H]1C3(C(=O)O)C2. The molecular formula is C9H11NO4. The number of rotatable bonds is 2. The minimum Gasteiger partial charge on any atom is -0.481 e. The lowest BCUT2D eigenvalue weighted by Gasteiger charge is -2.22. The van der Waals surface area contributed by atoms with Crippen molar-refractivity contribution < 1.29 is 19.8 Å². The third-order valence-electron chi connectivity index (χ3n) is 4.59. The number of hydrogen-bond acceptors (Lipinski definition) is 3. The average Bonchev–Trinajstić information content (AvgIpc) is 2.45. The lowest BCUT2D eigenvalue weighted by atomic mass is 9.90. The van der Waals surface area contributed by atoms with E-state index in [0.717, 1.165) is 0 Å². The highest BCUT2D eigenvalue weighted by Gasteiger charge is 2.88. The molecule has 0 aromatic rings. The van der Waals surface area contributed by atoms with E-state index in [1.807, 2.05) is 0 Å². The lowest BCUT2D eigenvalue weighted by Crippen LogP contribution is -2.51. The van der Waals surface area contributed by atoms with Crippen LogP contribution in [0.1, 0.15) is 12.8 Å². The summed E-state index contributed by atoms with van der Waals surface area (Å²) in [5.74, 6) is -2.33. The lowest BCUT2D eigenvalue weighted by molar-refractivity contribution is -0.145. The quantitative estimate of drug-likeness (QED) is 0.554. The molecular weight excluding hydrogens is 186 g/mol. The molecule has 76 valence electrons. The number of aliphatic carboxylic acids is 2. The fourth-order valence-corrected chi connectivity index (χ4v) is 4.00. The Morgan fingerprint density at radius 3 is 2.21 bits per heavy atom. The molecule has 4 saturated carbocycles. The van der Waals surface area contributed by atoms with Gasteiger partial charge in [0.2, 0.25) is 0 Å². The van der Waals surface area contributed by atoms with E-state index in [2.05, 4.69) is 0 Å². The Kier molecular flexibility index (Phi) is 1.07. The zero-order valence-corrected chi connectivity index (χ0v) is 7.43. The summed E-state index contributed by atoms with van der Waals surface area (Å²) in [5, 5.41) is 18.1. The molecule has 0 radical (unpaired) electrons. The molecule has 0 heterocycles. The molecule has 0 aromatic heterocycles. The molecule has 5 heteroatoms. The smallest absolute Gasteiger partial charge is 0.324 e. The molecule has 0 saturated heterocycles.